The fraction of sp³-hybridized carbons (Fsp3) is 0.579. The molecule has 0 saturated carbocycles. The normalized spacial score (nSPS) is 20.8. The zero-order chi connectivity index (χ0) is 18.8. The number of rotatable bonds is 5. The van der Waals surface area contributed by atoms with Crippen LogP contribution in [0, 0.1) is 19.8 Å². The number of likely N-dealkylation sites (tertiary alicyclic amines) is 1. The second-order valence-electron chi connectivity index (χ2n) is 7.36. The molecule has 142 valence electrons. The molecule has 3 rings (SSSR count). The number of aliphatic hydroxyl groups is 1. The Hall–Kier alpha value is -2.12. The molecule has 0 bridgehead atoms. The maximum absolute atomic E-state index is 12.8. The quantitative estimate of drug-likeness (QED) is 0.875. The minimum atomic E-state index is -0.0899. The van der Waals surface area contributed by atoms with Crippen molar-refractivity contribution in [2.24, 2.45) is 5.92 Å². The van der Waals surface area contributed by atoms with Crippen molar-refractivity contribution >= 4 is 5.91 Å². The van der Waals surface area contributed by atoms with Gasteiger partial charge in [-0.25, -0.2) is 0 Å². The largest absolute Gasteiger partial charge is 0.454 e. The summed E-state index contributed by atoms with van der Waals surface area (Å²) >= 11 is 0. The molecule has 0 spiro atoms. The fourth-order valence-corrected chi connectivity index (χ4v) is 3.68. The molecule has 0 unspecified atom stereocenters. The van der Waals surface area contributed by atoms with Crippen LogP contribution < -0.4 is 0 Å². The van der Waals surface area contributed by atoms with Gasteiger partial charge in [-0.2, -0.15) is 5.10 Å². The number of hydrogen-bond acceptors (Lipinski definition) is 5. The Morgan fingerprint density at radius 2 is 2.15 bits per heavy atom. The number of piperidine rings is 1. The molecule has 0 aromatic carbocycles. The Morgan fingerprint density at radius 3 is 2.77 bits per heavy atom. The number of hydrogen-bond donors (Lipinski definition) is 1. The number of aromatic nitrogens is 2. The van der Waals surface area contributed by atoms with Gasteiger partial charge in [-0.3, -0.25) is 9.48 Å². The monoisotopic (exact) mass is 360 g/mol. The lowest BCUT2D eigenvalue weighted by molar-refractivity contribution is 0.0357. The summed E-state index contributed by atoms with van der Waals surface area (Å²) in [5.74, 6) is 1.19. The summed E-state index contributed by atoms with van der Waals surface area (Å²) in [7, 11) is 3.97. The summed E-state index contributed by atoms with van der Waals surface area (Å²) in [6.07, 6.45) is 0.796. The first-order valence-corrected chi connectivity index (χ1v) is 9.05. The summed E-state index contributed by atoms with van der Waals surface area (Å²) < 4.78 is 7.67. The van der Waals surface area contributed by atoms with E-state index in [9.17, 15) is 9.90 Å². The van der Waals surface area contributed by atoms with Gasteiger partial charge in [0.15, 0.2) is 5.76 Å². The van der Waals surface area contributed by atoms with E-state index in [0.717, 1.165) is 17.8 Å². The second kappa shape index (κ2) is 7.63. The number of carbonyl (C=O) groups is 1. The lowest BCUT2D eigenvalue weighted by Gasteiger charge is -2.40. The molecule has 1 aliphatic heterocycles. The van der Waals surface area contributed by atoms with E-state index in [-0.39, 0.29) is 24.5 Å². The Kier molecular flexibility index (Phi) is 5.48. The highest BCUT2D eigenvalue weighted by molar-refractivity contribution is 5.91. The number of likely N-dealkylation sites (N-methyl/N-ethyl adjacent to an activating group) is 1. The van der Waals surface area contributed by atoms with E-state index in [4.69, 9.17) is 4.42 Å². The number of carbonyl (C=O) groups excluding carboxylic acids is 1. The van der Waals surface area contributed by atoms with E-state index >= 15 is 0 Å². The Bertz CT molecular complexity index is 765. The molecule has 1 N–H and O–H groups in total. The average molecular weight is 360 g/mol. The zero-order valence-electron chi connectivity index (χ0n) is 16.0. The van der Waals surface area contributed by atoms with Crippen LogP contribution in [0.2, 0.25) is 0 Å². The first-order valence-electron chi connectivity index (χ1n) is 9.05. The molecule has 3 heterocycles. The topological polar surface area (TPSA) is 74.7 Å². The van der Waals surface area contributed by atoms with Crippen molar-refractivity contribution in [3.63, 3.8) is 0 Å². The van der Waals surface area contributed by atoms with E-state index in [0.29, 0.717) is 31.2 Å². The van der Waals surface area contributed by atoms with Crippen LogP contribution in [0.4, 0.5) is 0 Å². The van der Waals surface area contributed by atoms with Crippen molar-refractivity contribution < 1.29 is 14.3 Å². The third kappa shape index (κ3) is 3.83. The first kappa shape index (κ1) is 18.7. The third-order valence-corrected chi connectivity index (χ3v) is 5.19. The van der Waals surface area contributed by atoms with Crippen LogP contribution in [-0.4, -0.2) is 70.4 Å². The average Bonchev–Trinajstić information content (AvgIpc) is 3.20. The summed E-state index contributed by atoms with van der Waals surface area (Å²) in [5.41, 5.74) is 2.03. The highest BCUT2D eigenvalue weighted by Gasteiger charge is 2.33. The Morgan fingerprint density at radius 1 is 1.38 bits per heavy atom. The van der Waals surface area contributed by atoms with E-state index in [1.807, 2.05) is 49.7 Å². The van der Waals surface area contributed by atoms with Gasteiger partial charge in [-0.15, -0.1) is 0 Å². The van der Waals surface area contributed by atoms with Crippen LogP contribution in [-0.2, 0) is 6.54 Å². The number of aliphatic hydroxyl groups excluding tert-OH is 1. The van der Waals surface area contributed by atoms with E-state index in [1.165, 1.54) is 0 Å². The predicted octanol–water partition coefficient (Wildman–Crippen LogP) is 1.53. The summed E-state index contributed by atoms with van der Waals surface area (Å²) in [6, 6.07) is 5.75. The lowest BCUT2D eigenvalue weighted by atomic mass is 9.91. The van der Waals surface area contributed by atoms with Crippen LogP contribution in [0.5, 0.6) is 0 Å². The smallest absolute Gasteiger partial charge is 0.289 e. The van der Waals surface area contributed by atoms with Gasteiger partial charge in [0.25, 0.3) is 5.91 Å². The number of nitrogens with zero attached hydrogens (tertiary/aromatic N) is 4. The van der Waals surface area contributed by atoms with Crippen molar-refractivity contribution in [3.05, 3.63) is 41.1 Å². The number of aryl methyl sites for hydroxylation is 2. The second-order valence-corrected chi connectivity index (χ2v) is 7.36. The Labute approximate surface area is 154 Å². The summed E-state index contributed by atoms with van der Waals surface area (Å²) in [5, 5.41) is 14.0. The van der Waals surface area contributed by atoms with Gasteiger partial charge >= 0.3 is 0 Å². The highest BCUT2D eigenvalue weighted by atomic mass is 16.4. The van der Waals surface area contributed by atoms with Crippen LogP contribution in [0.1, 0.15) is 34.1 Å². The van der Waals surface area contributed by atoms with Crippen LogP contribution in [0.15, 0.2) is 22.6 Å². The molecule has 0 aliphatic carbocycles. The van der Waals surface area contributed by atoms with Crippen LogP contribution in [0.3, 0.4) is 0 Å². The maximum Gasteiger partial charge on any atom is 0.289 e. The van der Waals surface area contributed by atoms with E-state index < -0.39 is 0 Å². The maximum atomic E-state index is 12.8. The van der Waals surface area contributed by atoms with Crippen molar-refractivity contribution in [2.75, 3.05) is 33.8 Å². The standard InChI is InChI=1S/C19H28N4O3/c1-13-9-14(2)23(20-13)10-16-5-6-18(26-16)19(25)22-8-7-15(12-24)17(11-22)21(3)4/h5-6,9,15,17,24H,7-8,10-12H2,1-4H3/t15-,17-/m1/s1. The minimum Gasteiger partial charge on any atom is -0.454 e. The van der Waals surface area contributed by atoms with E-state index in [1.54, 1.807) is 6.07 Å². The minimum absolute atomic E-state index is 0.0899. The van der Waals surface area contributed by atoms with Gasteiger partial charge in [-0.05, 0) is 52.6 Å². The molecule has 7 heteroatoms. The molecule has 2 aromatic rings. The third-order valence-electron chi connectivity index (χ3n) is 5.19. The van der Waals surface area contributed by atoms with Gasteiger partial charge in [0.1, 0.15) is 5.76 Å². The van der Waals surface area contributed by atoms with Gasteiger partial charge in [0.2, 0.25) is 0 Å². The number of furan rings is 1. The Balaban J connectivity index is 1.69. The van der Waals surface area contributed by atoms with Gasteiger partial charge < -0.3 is 19.3 Å². The number of amides is 1. The van der Waals surface area contributed by atoms with Crippen LogP contribution >= 0.6 is 0 Å². The first-order chi connectivity index (χ1) is 12.4. The van der Waals surface area contributed by atoms with Gasteiger partial charge in [0.05, 0.1) is 12.2 Å². The molecule has 1 saturated heterocycles. The van der Waals surface area contributed by atoms with Crippen molar-refractivity contribution in [3.8, 4) is 0 Å². The summed E-state index contributed by atoms with van der Waals surface area (Å²) in [6.45, 7) is 5.87. The predicted molar refractivity (Wildman–Crippen MR) is 98.1 cm³/mol. The zero-order valence-corrected chi connectivity index (χ0v) is 16.0. The molecular weight excluding hydrogens is 332 g/mol. The SMILES string of the molecule is Cc1cc(C)n(Cc2ccc(C(=O)N3CC[C@H](CO)[C@H](N(C)C)C3)o2)n1. The molecule has 1 amide bonds. The van der Waals surface area contributed by atoms with Crippen LogP contribution in [0.25, 0.3) is 0 Å². The molecule has 2 aromatic heterocycles. The lowest BCUT2D eigenvalue weighted by Crippen LogP contribution is -2.53. The van der Waals surface area contributed by atoms with Crippen molar-refractivity contribution in [1.29, 1.82) is 0 Å². The fourth-order valence-electron chi connectivity index (χ4n) is 3.68. The van der Waals surface area contributed by atoms with E-state index in [2.05, 4.69) is 10.00 Å². The summed E-state index contributed by atoms with van der Waals surface area (Å²) in [4.78, 5) is 16.7. The van der Waals surface area contributed by atoms with Gasteiger partial charge in [-0.1, -0.05) is 0 Å². The molecule has 2 atom stereocenters. The molecule has 0 radical (unpaired) electrons. The van der Waals surface area contributed by atoms with Crippen molar-refractivity contribution in [2.45, 2.75) is 32.9 Å². The van der Waals surface area contributed by atoms with Gasteiger partial charge in [0, 0.05) is 37.4 Å². The molecule has 7 nitrogen and oxygen atoms in total. The highest BCUT2D eigenvalue weighted by Crippen LogP contribution is 2.23. The molecule has 1 fully saturated rings. The molecular formula is C19H28N4O3. The molecule has 1 aliphatic rings. The molecule has 26 heavy (non-hydrogen) atoms. The van der Waals surface area contributed by atoms with Crippen molar-refractivity contribution in [1.82, 2.24) is 19.6 Å².